The van der Waals surface area contributed by atoms with Gasteiger partial charge in [-0.05, 0) is 30.5 Å². The molecule has 2 heterocycles. The fourth-order valence-corrected chi connectivity index (χ4v) is 3.15. The Kier molecular flexibility index (Phi) is 6.27. The van der Waals surface area contributed by atoms with Gasteiger partial charge in [0.2, 0.25) is 5.91 Å². The zero-order chi connectivity index (χ0) is 15.4. The largest absolute Gasteiger partial charge is 0.497 e. The molecule has 0 atom stereocenters. The SMILES string of the molecule is COc1ccc(C2(CNC(=O)C3CNC3)CCOCC2)cc1.Cl. The molecule has 0 aromatic heterocycles. The number of hydrogen-bond acceptors (Lipinski definition) is 4. The number of hydrogen-bond donors (Lipinski definition) is 2. The lowest BCUT2D eigenvalue weighted by Crippen LogP contribution is -2.53. The lowest BCUT2D eigenvalue weighted by Gasteiger charge is -2.38. The number of rotatable bonds is 5. The normalized spacial score (nSPS) is 20.0. The van der Waals surface area contributed by atoms with Gasteiger partial charge in [-0.25, -0.2) is 0 Å². The molecule has 128 valence electrons. The predicted molar refractivity (Wildman–Crippen MR) is 91.3 cm³/mol. The summed E-state index contributed by atoms with van der Waals surface area (Å²) in [6.07, 6.45) is 1.87. The van der Waals surface area contributed by atoms with E-state index in [2.05, 4.69) is 22.8 Å². The second-order valence-corrected chi connectivity index (χ2v) is 6.19. The summed E-state index contributed by atoms with van der Waals surface area (Å²) in [6, 6.07) is 8.21. The number of amides is 1. The van der Waals surface area contributed by atoms with Crippen LogP contribution in [0, 0.1) is 5.92 Å². The minimum Gasteiger partial charge on any atom is -0.497 e. The van der Waals surface area contributed by atoms with Gasteiger partial charge in [0.05, 0.1) is 13.0 Å². The number of nitrogens with one attached hydrogen (secondary N) is 2. The summed E-state index contributed by atoms with van der Waals surface area (Å²) in [4.78, 5) is 12.1. The summed E-state index contributed by atoms with van der Waals surface area (Å²) in [5.41, 5.74) is 1.22. The summed E-state index contributed by atoms with van der Waals surface area (Å²) in [6.45, 7) is 3.76. The molecule has 0 spiro atoms. The van der Waals surface area contributed by atoms with E-state index in [1.165, 1.54) is 5.56 Å². The first-order valence-electron chi connectivity index (χ1n) is 7.94. The van der Waals surface area contributed by atoms with Crippen molar-refractivity contribution in [2.75, 3.05) is 40.0 Å². The summed E-state index contributed by atoms with van der Waals surface area (Å²) in [5.74, 6) is 1.15. The van der Waals surface area contributed by atoms with Gasteiger partial charge in [-0.1, -0.05) is 12.1 Å². The Labute approximate surface area is 143 Å². The molecule has 1 amide bonds. The summed E-state index contributed by atoms with van der Waals surface area (Å²) >= 11 is 0. The number of methoxy groups -OCH3 is 1. The van der Waals surface area contributed by atoms with E-state index in [0.29, 0.717) is 6.54 Å². The maximum atomic E-state index is 12.1. The van der Waals surface area contributed by atoms with Crippen molar-refractivity contribution in [3.8, 4) is 5.75 Å². The Morgan fingerprint density at radius 3 is 2.48 bits per heavy atom. The Morgan fingerprint density at radius 2 is 1.96 bits per heavy atom. The monoisotopic (exact) mass is 340 g/mol. The van der Waals surface area contributed by atoms with E-state index >= 15 is 0 Å². The van der Waals surface area contributed by atoms with E-state index in [4.69, 9.17) is 9.47 Å². The van der Waals surface area contributed by atoms with Crippen molar-refractivity contribution < 1.29 is 14.3 Å². The van der Waals surface area contributed by atoms with Gasteiger partial charge in [-0.3, -0.25) is 4.79 Å². The molecule has 3 rings (SSSR count). The predicted octanol–water partition coefficient (Wildman–Crippen LogP) is 1.50. The average Bonchev–Trinajstić information content (AvgIpc) is 2.52. The molecule has 2 N–H and O–H groups in total. The fraction of sp³-hybridized carbons (Fsp3) is 0.588. The van der Waals surface area contributed by atoms with Gasteiger partial charge in [0, 0.05) is 38.3 Å². The highest BCUT2D eigenvalue weighted by atomic mass is 35.5. The van der Waals surface area contributed by atoms with Gasteiger partial charge in [-0.2, -0.15) is 0 Å². The van der Waals surface area contributed by atoms with Crippen LogP contribution in [0.2, 0.25) is 0 Å². The molecule has 6 heteroatoms. The molecule has 0 saturated carbocycles. The molecule has 0 aliphatic carbocycles. The molecule has 2 fully saturated rings. The summed E-state index contributed by atoms with van der Waals surface area (Å²) in [7, 11) is 1.67. The second kappa shape index (κ2) is 7.99. The summed E-state index contributed by atoms with van der Waals surface area (Å²) in [5, 5.41) is 6.30. The Hall–Kier alpha value is -1.30. The number of ether oxygens (including phenoxy) is 2. The van der Waals surface area contributed by atoms with E-state index in [1.54, 1.807) is 7.11 Å². The zero-order valence-corrected chi connectivity index (χ0v) is 14.3. The van der Waals surface area contributed by atoms with Crippen LogP contribution < -0.4 is 15.4 Å². The highest BCUT2D eigenvalue weighted by Crippen LogP contribution is 2.35. The van der Waals surface area contributed by atoms with Crippen LogP contribution in [0.3, 0.4) is 0 Å². The van der Waals surface area contributed by atoms with Gasteiger partial charge in [0.1, 0.15) is 5.75 Å². The van der Waals surface area contributed by atoms with Crippen LogP contribution >= 0.6 is 12.4 Å². The Morgan fingerprint density at radius 1 is 1.30 bits per heavy atom. The van der Waals surface area contributed by atoms with Gasteiger partial charge in [0.25, 0.3) is 0 Å². The van der Waals surface area contributed by atoms with Crippen molar-refractivity contribution in [3.63, 3.8) is 0 Å². The van der Waals surface area contributed by atoms with Gasteiger partial charge < -0.3 is 20.1 Å². The third-order valence-electron chi connectivity index (χ3n) is 4.91. The van der Waals surface area contributed by atoms with Crippen LogP contribution in [-0.4, -0.2) is 45.9 Å². The number of carbonyl (C=O) groups excluding carboxylic acids is 1. The Bertz CT molecular complexity index is 511. The standard InChI is InChI=1S/C17H24N2O3.ClH/c1-21-15-4-2-14(3-5-15)17(6-8-22-9-7-17)12-19-16(20)13-10-18-11-13;/h2-5,13,18H,6-12H2,1H3,(H,19,20);1H. The first kappa shape index (κ1) is 18.0. The first-order chi connectivity index (χ1) is 10.7. The molecule has 2 aliphatic rings. The van der Waals surface area contributed by atoms with Crippen LogP contribution in [0.25, 0.3) is 0 Å². The molecule has 1 aromatic rings. The number of halogens is 1. The van der Waals surface area contributed by atoms with Gasteiger partial charge in [-0.15, -0.1) is 12.4 Å². The topological polar surface area (TPSA) is 59.6 Å². The molecular formula is C17H25ClN2O3. The zero-order valence-electron chi connectivity index (χ0n) is 13.5. The lowest BCUT2D eigenvalue weighted by molar-refractivity contribution is -0.126. The van der Waals surface area contributed by atoms with Crippen molar-refractivity contribution in [3.05, 3.63) is 29.8 Å². The van der Waals surface area contributed by atoms with E-state index in [9.17, 15) is 4.79 Å². The molecule has 2 saturated heterocycles. The average molecular weight is 341 g/mol. The second-order valence-electron chi connectivity index (χ2n) is 6.19. The van der Waals surface area contributed by atoms with E-state index in [-0.39, 0.29) is 29.6 Å². The van der Waals surface area contributed by atoms with E-state index < -0.39 is 0 Å². The maximum absolute atomic E-state index is 12.1. The third-order valence-corrected chi connectivity index (χ3v) is 4.91. The van der Waals surface area contributed by atoms with E-state index in [1.807, 2.05) is 12.1 Å². The van der Waals surface area contributed by atoms with Crippen LogP contribution in [-0.2, 0) is 14.9 Å². The number of carbonyl (C=O) groups is 1. The van der Waals surface area contributed by atoms with Crippen LogP contribution in [0.1, 0.15) is 18.4 Å². The van der Waals surface area contributed by atoms with Crippen molar-refractivity contribution in [2.24, 2.45) is 5.92 Å². The van der Waals surface area contributed by atoms with Crippen LogP contribution in [0.15, 0.2) is 24.3 Å². The minimum atomic E-state index is -0.0304. The van der Waals surface area contributed by atoms with Crippen molar-refractivity contribution in [1.82, 2.24) is 10.6 Å². The first-order valence-corrected chi connectivity index (χ1v) is 7.94. The van der Waals surface area contributed by atoms with E-state index in [0.717, 1.165) is 44.9 Å². The molecule has 0 bridgehead atoms. The third kappa shape index (κ3) is 3.97. The molecule has 0 radical (unpaired) electrons. The molecule has 23 heavy (non-hydrogen) atoms. The molecular weight excluding hydrogens is 316 g/mol. The lowest BCUT2D eigenvalue weighted by atomic mass is 9.74. The highest BCUT2D eigenvalue weighted by Gasteiger charge is 2.36. The smallest absolute Gasteiger partial charge is 0.225 e. The van der Waals surface area contributed by atoms with Crippen molar-refractivity contribution >= 4 is 18.3 Å². The summed E-state index contributed by atoms with van der Waals surface area (Å²) < 4.78 is 10.8. The molecule has 2 aliphatic heterocycles. The maximum Gasteiger partial charge on any atom is 0.225 e. The molecule has 5 nitrogen and oxygen atoms in total. The van der Waals surface area contributed by atoms with Gasteiger partial charge in [0.15, 0.2) is 0 Å². The van der Waals surface area contributed by atoms with Crippen LogP contribution in [0.4, 0.5) is 0 Å². The van der Waals surface area contributed by atoms with Gasteiger partial charge >= 0.3 is 0 Å². The van der Waals surface area contributed by atoms with Crippen molar-refractivity contribution in [1.29, 1.82) is 0 Å². The molecule has 0 unspecified atom stereocenters. The highest BCUT2D eigenvalue weighted by molar-refractivity contribution is 5.85. The quantitative estimate of drug-likeness (QED) is 0.853. The fourth-order valence-electron chi connectivity index (χ4n) is 3.15. The Balaban J connectivity index is 0.00000192. The molecule has 1 aromatic carbocycles. The number of benzene rings is 1. The minimum absolute atomic E-state index is 0. The van der Waals surface area contributed by atoms with Crippen LogP contribution in [0.5, 0.6) is 5.75 Å². The van der Waals surface area contributed by atoms with Crippen molar-refractivity contribution in [2.45, 2.75) is 18.3 Å².